The number of nitrogens with zero attached hydrogens (tertiary/aromatic N) is 10. The Bertz CT molecular complexity index is 3330. The number of morpholine rings is 2. The fraction of sp³-hybridized carbons (Fsp3) is 0.566. The summed E-state index contributed by atoms with van der Waals surface area (Å²) < 4.78 is 72.3. The van der Waals surface area contributed by atoms with Gasteiger partial charge in [-0.15, -0.1) is 22.7 Å². The van der Waals surface area contributed by atoms with Crippen molar-refractivity contribution in [1.29, 1.82) is 0 Å². The van der Waals surface area contributed by atoms with E-state index in [9.17, 15) is 21.9 Å². The van der Waals surface area contributed by atoms with Crippen LogP contribution in [0.1, 0.15) is 66.0 Å². The minimum absolute atomic E-state index is 0. The number of sulfone groups is 2. The average molecular weight is 1190 g/mol. The summed E-state index contributed by atoms with van der Waals surface area (Å²) >= 11 is 3.37. The number of ether oxygens (including phenoxy) is 4. The molecule has 21 nitrogen and oxygen atoms in total. The van der Waals surface area contributed by atoms with Gasteiger partial charge in [0.1, 0.15) is 0 Å². The number of carbonyl (C=O) groups excluding carboxylic acids is 2. The van der Waals surface area contributed by atoms with Gasteiger partial charge in [0.15, 0.2) is 37.0 Å². The van der Waals surface area contributed by atoms with Gasteiger partial charge >= 0.3 is 25.0 Å². The van der Waals surface area contributed by atoms with E-state index in [1.807, 2.05) is 12.1 Å². The van der Waals surface area contributed by atoms with Crippen LogP contribution in [0.25, 0.3) is 42.9 Å². The molecular formula is C53H74AlLiN10O11S4. The molecule has 10 rings (SSSR count). The zero-order chi connectivity index (χ0) is 55.7. The summed E-state index contributed by atoms with van der Waals surface area (Å²) in [6.45, 7) is 18.0. The summed E-state index contributed by atoms with van der Waals surface area (Å²) in [7, 11) is -3.58. The molecule has 80 heavy (non-hydrogen) atoms. The zero-order valence-electron chi connectivity index (χ0n) is 47.4. The molecule has 0 bridgehead atoms. The number of aromatic nitrogens is 6. The number of hydrogen-bond acceptors (Lipinski definition) is 23. The van der Waals surface area contributed by atoms with Crippen LogP contribution >= 0.6 is 22.7 Å². The number of rotatable bonds is 15. The first-order chi connectivity index (χ1) is 37.4. The Hall–Kier alpha value is -4.21. The monoisotopic (exact) mass is 1190 g/mol. The van der Waals surface area contributed by atoms with Gasteiger partial charge in [0.05, 0.1) is 84.0 Å². The Balaban J connectivity index is 0.000000274. The van der Waals surface area contributed by atoms with Gasteiger partial charge < -0.3 is 35.3 Å². The molecule has 0 aliphatic carbocycles. The average Bonchev–Trinajstić information content (AvgIpc) is 4.06. The number of piperidine rings is 2. The van der Waals surface area contributed by atoms with Crippen LogP contribution < -0.4 is 38.1 Å². The Morgan fingerprint density at radius 1 is 0.662 bits per heavy atom. The first kappa shape index (κ1) is 65.0. The molecule has 0 amide bonds. The van der Waals surface area contributed by atoms with E-state index in [2.05, 4.69) is 50.3 Å². The third kappa shape index (κ3) is 16.5. The van der Waals surface area contributed by atoms with E-state index < -0.39 is 19.7 Å². The van der Waals surface area contributed by atoms with Crippen LogP contribution in [0.5, 0.6) is 11.8 Å². The fourth-order valence-corrected chi connectivity index (χ4v) is 14.0. The van der Waals surface area contributed by atoms with Crippen LogP contribution in [-0.4, -0.2) is 197 Å². The number of pyridine rings is 2. The van der Waals surface area contributed by atoms with Crippen molar-refractivity contribution in [2.75, 3.05) is 122 Å². The van der Waals surface area contributed by atoms with Crippen molar-refractivity contribution in [3.05, 3.63) is 56.5 Å². The van der Waals surface area contributed by atoms with Gasteiger partial charge in [0.2, 0.25) is 23.7 Å². The number of aryl methyl sites for hydroxylation is 2. The van der Waals surface area contributed by atoms with E-state index in [4.69, 9.17) is 48.5 Å². The van der Waals surface area contributed by atoms with Crippen molar-refractivity contribution in [3.8, 4) is 34.3 Å². The standard InChI is InChI=1S/C26H35N5O5S2.C26H35N5O4S2.CO2.Al.Li.4H/c1-17-21(14-30-6-4-18(15-32)5-7-30)23-24(37-17)22(28-26(29-23)31-8-10-36-11-9-31)19-12-20(16-38(3,33)34)25(35-2)27-13-19;1-17-5-7-30(8-6-17)15-21-18(2)36-24-22(28-26(29-23(21)24)31-9-11-35-12-10-31)19-13-20(16-37(4,32)33)25(34-3)27-14-19;2-1-3;;;;;;/h12-13,18,32H,4-11,14-16H2,1-3H3;13-14,17H,5-12,15-16H2,1-4H3;;;;;;;/q;;;;+1;;;;-1. The van der Waals surface area contributed by atoms with Crippen molar-refractivity contribution < 1.29 is 70.8 Å². The van der Waals surface area contributed by atoms with E-state index >= 15 is 0 Å². The second-order valence-electron chi connectivity index (χ2n) is 20.4. The van der Waals surface area contributed by atoms with Crippen LogP contribution in [0.2, 0.25) is 0 Å². The Labute approximate surface area is 500 Å². The normalized spacial score (nSPS) is 16.9. The molecule has 10 heterocycles. The van der Waals surface area contributed by atoms with Crippen LogP contribution in [0.15, 0.2) is 24.5 Å². The molecule has 0 spiro atoms. The quantitative estimate of drug-likeness (QED) is 0.144. The van der Waals surface area contributed by atoms with E-state index in [1.165, 1.54) is 60.5 Å². The Morgan fingerprint density at radius 2 is 1.04 bits per heavy atom. The summed E-state index contributed by atoms with van der Waals surface area (Å²) in [5.74, 6) is 2.79. The first-order valence-electron chi connectivity index (χ1n) is 26.1. The molecule has 0 aromatic carbocycles. The summed E-state index contributed by atoms with van der Waals surface area (Å²) in [4.78, 5) is 57.1. The van der Waals surface area contributed by atoms with Gasteiger partial charge in [-0.2, -0.15) is 9.59 Å². The second-order valence-corrected chi connectivity index (χ2v) is 27.2. The maximum atomic E-state index is 12.1. The predicted octanol–water partition coefficient (Wildman–Crippen LogP) is 1.69. The molecule has 0 atom stereocenters. The van der Waals surface area contributed by atoms with E-state index in [1.54, 1.807) is 35.1 Å². The van der Waals surface area contributed by atoms with E-state index in [0.717, 1.165) is 114 Å². The molecule has 6 aromatic rings. The van der Waals surface area contributed by atoms with Crippen LogP contribution in [0.4, 0.5) is 11.9 Å². The molecule has 430 valence electrons. The number of thiophene rings is 2. The summed E-state index contributed by atoms with van der Waals surface area (Å²) in [6.07, 6.45) is 10.5. The number of likely N-dealkylation sites (tertiary alicyclic amines) is 2. The molecule has 4 fully saturated rings. The van der Waals surface area contributed by atoms with Gasteiger partial charge in [-0.05, 0) is 89.7 Å². The first-order valence-corrected chi connectivity index (χ1v) is 31.9. The van der Waals surface area contributed by atoms with Gasteiger partial charge in [-0.25, -0.2) is 46.7 Å². The van der Waals surface area contributed by atoms with Gasteiger partial charge in [-0.1, -0.05) is 6.92 Å². The topological polar surface area (TPSA) is 250 Å². The smallest absolute Gasteiger partial charge is 1.00 e. The van der Waals surface area contributed by atoms with Crippen molar-refractivity contribution in [2.24, 2.45) is 11.8 Å². The minimum Gasteiger partial charge on any atom is -1.00 e. The van der Waals surface area contributed by atoms with Gasteiger partial charge in [0.25, 0.3) is 0 Å². The largest absolute Gasteiger partial charge is 1.00 e. The molecule has 0 radical (unpaired) electrons. The van der Waals surface area contributed by atoms with Crippen molar-refractivity contribution in [3.63, 3.8) is 0 Å². The van der Waals surface area contributed by atoms with Crippen molar-refractivity contribution in [1.82, 2.24) is 39.7 Å². The Kier molecular flexibility index (Phi) is 23.8. The van der Waals surface area contributed by atoms with Crippen LogP contribution in [-0.2, 0) is 63.3 Å². The third-order valence-electron chi connectivity index (χ3n) is 14.5. The van der Waals surface area contributed by atoms with Crippen LogP contribution in [0.3, 0.4) is 0 Å². The summed E-state index contributed by atoms with van der Waals surface area (Å²) in [6, 6.07) is 3.67. The van der Waals surface area contributed by atoms with E-state index in [0.29, 0.717) is 80.2 Å². The SMILES string of the molecule is COc1ncc(-c2nc(N3CCOCC3)nc3c(CN4CCC(C)CC4)c(C)sc23)cc1CS(C)(=O)=O.COc1ncc(-c2nc(N3CCOCC3)nc3c(CN4CCC(CO)CC4)c(C)sc23)cc1CS(C)(=O)=O.O=C=O.[AlH3].[H-].[Li+]. The second kappa shape index (κ2) is 29.4. The molecule has 4 aliphatic heterocycles. The molecule has 4 aliphatic rings. The molecule has 6 aromatic heterocycles. The number of hydrogen-bond donors (Lipinski definition) is 1. The van der Waals surface area contributed by atoms with Gasteiger partial charge in [0, 0.05) is 114 Å². The van der Waals surface area contributed by atoms with Crippen molar-refractivity contribution in [2.45, 2.75) is 71.0 Å². The third-order valence-corrected chi connectivity index (χ3v) is 18.4. The maximum Gasteiger partial charge on any atom is 1.00 e. The van der Waals surface area contributed by atoms with Crippen molar-refractivity contribution >= 4 is 98.2 Å². The minimum atomic E-state index is -3.29. The summed E-state index contributed by atoms with van der Waals surface area (Å²) in [5.41, 5.74) is 8.43. The number of aliphatic hydroxyl groups is 1. The number of anilines is 2. The van der Waals surface area contributed by atoms with Gasteiger partial charge in [-0.3, -0.25) is 9.80 Å². The zero-order valence-corrected chi connectivity index (χ0v) is 49.7. The van der Waals surface area contributed by atoms with Crippen LogP contribution in [0, 0.1) is 25.7 Å². The number of fused-ring (bicyclic) bond motifs is 2. The molecule has 1 N–H and O–H groups in total. The molecular weight excluding hydrogens is 1110 g/mol. The molecule has 4 saturated heterocycles. The molecule has 0 unspecified atom stereocenters. The van der Waals surface area contributed by atoms with E-state index in [-0.39, 0.29) is 61.9 Å². The Morgan fingerprint density at radius 3 is 1.39 bits per heavy atom. The number of aliphatic hydroxyl groups excluding tert-OH is 1. The summed E-state index contributed by atoms with van der Waals surface area (Å²) in [5, 5.41) is 9.53. The maximum absolute atomic E-state index is 12.1. The number of methoxy groups -OCH3 is 2. The fourth-order valence-electron chi connectivity index (χ4n) is 10.2. The predicted molar refractivity (Wildman–Crippen MR) is 312 cm³/mol. The molecule has 0 saturated carbocycles. The molecule has 27 heteroatoms.